The standard InChI is InChI=1S/C16H22Cl2N2O3S/c1-11(2)9-15(16(21)20-7-3-4-8-20)19-24(22,23)12-5-6-13(17)14(18)10-12/h5-6,10-11,15,19H,3-4,7-9H2,1-2H3/t15-/m1/s1. The molecular weight excluding hydrogens is 371 g/mol. The summed E-state index contributed by atoms with van der Waals surface area (Å²) < 4.78 is 27.8. The molecule has 0 spiro atoms. The number of rotatable bonds is 6. The van der Waals surface area contributed by atoms with E-state index in [-0.39, 0.29) is 26.8 Å². The molecule has 1 fully saturated rings. The number of hydrogen-bond donors (Lipinski definition) is 1. The van der Waals surface area contributed by atoms with Crippen molar-refractivity contribution >= 4 is 39.1 Å². The summed E-state index contributed by atoms with van der Waals surface area (Å²) in [7, 11) is -3.86. The SMILES string of the molecule is CC(C)C[C@@H](NS(=O)(=O)c1ccc(Cl)c(Cl)c1)C(=O)N1CCCC1. The van der Waals surface area contributed by atoms with E-state index in [2.05, 4.69) is 4.72 Å². The minimum absolute atomic E-state index is 0.000113. The Morgan fingerprint density at radius 2 is 1.83 bits per heavy atom. The molecule has 1 saturated heterocycles. The van der Waals surface area contributed by atoms with Crippen LogP contribution >= 0.6 is 23.2 Å². The molecule has 5 nitrogen and oxygen atoms in total. The number of carbonyl (C=O) groups is 1. The van der Waals surface area contributed by atoms with Crippen molar-refractivity contribution in [2.75, 3.05) is 13.1 Å². The Hall–Kier alpha value is -0.820. The quantitative estimate of drug-likeness (QED) is 0.807. The fourth-order valence-electron chi connectivity index (χ4n) is 2.73. The number of halogens is 2. The zero-order chi connectivity index (χ0) is 17.9. The summed E-state index contributed by atoms with van der Waals surface area (Å²) in [5, 5.41) is 0.438. The largest absolute Gasteiger partial charge is 0.341 e. The van der Waals surface area contributed by atoms with E-state index in [1.165, 1.54) is 18.2 Å². The van der Waals surface area contributed by atoms with Crippen LogP contribution in [0.3, 0.4) is 0 Å². The average molecular weight is 393 g/mol. The van der Waals surface area contributed by atoms with Crippen LogP contribution in [0.2, 0.25) is 10.0 Å². The van der Waals surface area contributed by atoms with Crippen LogP contribution in [0.1, 0.15) is 33.1 Å². The van der Waals surface area contributed by atoms with E-state index in [1.54, 1.807) is 4.90 Å². The monoisotopic (exact) mass is 392 g/mol. The maximum Gasteiger partial charge on any atom is 0.241 e. The molecule has 0 aliphatic carbocycles. The third kappa shape index (κ3) is 4.85. The molecule has 1 aromatic carbocycles. The molecule has 0 radical (unpaired) electrons. The van der Waals surface area contributed by atoms with Gasteiger partial charge >= 0.3 is 0 Å². The molecule has 1 aromatic rings. The van der Waals surface area contributed by atoms with Crippen molar-refractivity contribution in [3.8, 4) is 0 Å². The minimum atomic E-state index is -3.86. The van der Waals surface area contributed by atoms with E-state index in [0.717, 1.165) is 12.8 Å². The van der Waals surface area contributed by atoms with Crippen molar-refractivity contribution < 1.29 is 13.2 Å². The van der Waals surface area contributed by atoms with Crippen molar-refractivity contribution in [3.63, 3.8) is 0 Å². The van der Waals surface area contributed by atoms with Gasteiger partial charge in [0.2, 0.25) is 15.9 Å². The van der Waals surface area contributed by atoms with Crippen molar-refractivity contribution in [2.45, 2.75) is 44.0 Å². The lowest BCUT2D eigenvalue weighted by Gasteiger charge is -2.25. The lowest BCUT2D eigenvalue weighted by atomic mass is 10.0. The fourth-order valence-corrected chi connectivity index (χ4v) is 4.32. The van der Waals surface area contributed by atoms with Crippen LogP contribution in [0.25, 0.3) is 0 Å². The van der Waals surface area contributed by atoms with Crippen LogP contribution in [-0.2, 0) is 14.8 Å². The van der Waals surface area contributed by atoms with Crippen molar-refractivity contribution in [2.24, 2.45) is 5.92 Å². The van der Waals surface area contributed by atoms with Gasteiger partial charge in [0.1, 0.15) is 6.04 Å². The minimum Gasteiger partial charge on any atom is -0.341 e. The van der Waals surface area contributed by atoms with Gasteiger partial charge in [-0.15, -0.1) is 0 Å². The Labute approximate surface area is 153 Å². The zero-order valence-corrected chi connectivity index (χ0v) is 16.1. The van der Waals surface area contributed by atoms with Gasteiger partial charge in [-0.05, 0) is 43.4 Å². The topological polar surface area (TPSA) is 66.5 Å². The summed E-state index contributed by atoms with van der Waals surface area (Å²) in [5.41, 5.74) is 0. The number of benzene rings is 1. The second-order valence-electron chi connectivity index (χ2n) is 6.41. The van der Waals surface area contributed by atoms with E-state index in [1.807, 2.05) is 13.8 Å². The van der Waals surface area contributed by atoms with Crippen molar-refractivity contribution in [1.82, 2.24) is 9.62 Å². The van der Waals surface area contributed by atoms with Crippen LogP contribution in [0.15, 0.2) is 23.1 Å². The molecule has 1 aliphatic rings. The zero-order valence-electron chi connectivity index (χ0n) is 13.8. The molecule has 0 unspecified atom stereocenters. The first kappa shape index (κ1) is 19.5. The summed E-state index contributed by atoms with van der Waals surface area (Å²) in [6, 6.07) is 3.32. The Kier molecular flexibility index (Phi) is 6.53. The Bertz CT molecular complexity index is 701. The van der Waals surface area contributed by atoms with E-state index in [0.29, 0.717) is 19.5 Å². The highest BCUT2D eigenvalue weighted by Gasteiger charge is 2.31. The van der Waals surface area contributed by atoms with Gasteiger partial charge in [0.05, 0.1) is 14.9 Å². The highest BCUT2D eigenvalue weighted by Crippen LogP contribution is 2.25. The van der Waals surface area contributed by atoms with Crippen LogP contribution in [0.4, 0.5) is 0 Å². The Balaban J connectivity index is 2.23. The van der Waals surface area contributed by atoms with Crippen molar-refractivity contribution in [1.29, 1.82) is 0 Å². The second-order valence-corrected chi connectivity index (χ2v) is 8.94. The first-order valence-corrected chi connectivity index (χ1v) is 10.2. The van der Waals surface area contributed by atoms with Gasteiger partial charge in [-0.3, -0.25) is 4.79 Å². The van der Waals surface area contributed by atoms with Gasteiger partial charge in [-0.2, -0.15) is 4.72 Å². The second kappa shape index (κ2) is 8.04. The molecule has 0 saturated carbocycles. The van der Waals surface area contributed by atoms with Crippen molar-refractivity contribution in [3.05, 3.63) is 28.2 Å². The molecule has 1 amide bonds. The molecule has 0 aromatic heterocycles. The molecular formula is C16H22Cl2N2O3S. The number of nitrogens with zero attached hydrogens (tertiary/aromatic N) is 1. The van der Waals surface area contributed by atoms with E-state index in [9.17, 15) is 13.2 Å². The molecule has 1 N–H and O–H groups in total. The number of sulfonamides is 1. The first-order valence-electron chi connectivity index (χ1n) is 7.97. The lowest BCUT2D eigenvalue weighted by Crippen LogP contribution is -2.48. The predicted octanol–water partition coefficient (Wildman–Crippen LogP) is 3.31. The number of hydrogen-bond acceptors (Lipinski definition) is 3. The van der Waals surface area contributed by atoms with Gasteiger partial charge in [0, 0.05) is 13.1 Å². The van der Waals surface area contributed by atoms with Gasteiger partial charge in [-0.25, -0.2) is 8.42 Å². The number of likely N-dealkylation sites (tertiary alicyclic amines) is 1. The van der Waals surface area contributed by atoms with Gasteiger partial charge in [0.15, 0.2) is 0 Å². The number of nitrogens with one attached hydrogen (secondary N) is 1. The lowest BCUT2D eigenvalue weighted by molar-refractivity contribution is -0.132. The summed E-state index contributed by atoms with van der Waals surface area (Å²) in [4.78, 5) is 14.4. The van der Waals surface area contributed by atoms with E-state index < -0.39 is 16.1 Å². The maximum atomic E-state index is 12.7. The molecule has 1 heterocycles. The summed E-state index contributed by atoms with van der Waals surface area (Å²) in [5.74, 6) is 0.0166. The van der Waals surface area contributed by atoms with Gasteiger partial charge in [-0.1, -0.05) is 37.0 Å². The van der Waals surface area contributed by atoms with E-state index >= 15 is 0 Å². The van der Waals surface area contributed by atoms with Crippen LogP contribution in [0, 0.1) is 5.92 Å². The molecule has 2 rings (SSSR count). The van der Waals surface area contributed by atoms with Gasteiger partial charge < -0.3 is 4.90 Å². The van der Waals surface area contributed by atoms with Crippen LogP contribution in [0.5, 0.6) is 0 Å². The highest BCUT2D eigenvalue weighted by molar-refractivity contribution is 7.89. The molecule has 24 heavy (non-hydrogen) atoms. The maximum absolute atomic E-state index is 12.7. The smallest absolute Gasteiger partial charge is 0.241 e. The van der Waals surface area contributed by atoms with Crippen LogP contribution in [-0.4, -0.2) is 38.4 Å². The predicted molar refractivity (Wildman–Crippen MR) is 95.8 cm³/mol. The number of carbonyl (C=O) groups excluding carboxylic acids is 1. The fraction of sp³-hybridized carbons (Fsp3) is 0.562. The molecule has 8 heteroatoms. The highest BCUT2D eigenvalue weighted by atomic mass is 35.5. The first-order chi connectivity index (χ1) is 11.2. The molecule has 134 valence electrons. The summed E-state index contributed by atoms with van der Waals surface area (Å²) >= 11 is 11.7. The normalized spacial score (nSPS) is 16.6. The summed E-state index contributed by atoms with van der Waals surface area (Å²) in [6.45, 7) is 5.28. The Morgan fingerprint density at radius 3 is 2.38 bits per heavy atom. The van der Waals surface area contributed by atoms with Gasteiger partial charge in [0.25, 0.3) is 0 Å². The molecule has 1 atom stereocenters. The molecule has 1 aliphatic heterocycles. The third-order valence-corrected chi connectivity index (χ3v) is 6.13. The third-order valence-electron chi connectivity index (χ3n) is 3.92. The average Bonchev–Trinajstić information content (AvgIpc) is 3.02. The van der Waals surface area contributed by atoms with E-state index in [4.69, 9.17) is 23.2 Å². The summed E-state index contributed by atoms with van der Waals surface area (Å²) in [6.07, 6.45) is 2.36. The number of amides is 1. The van der Waals surface area contributed by atoms with Crippen LogP contribution < -0.4 is 4.72 Å². The Morgan fingerprint density at radius 1 is 1.21 bits per heavy atom. The molecule has 0 bridgehead atoms.